The highest BCUT2D eigenvalue weighted by atomic mass is 32.1. The number of hydrogen-bond donors (Lipinski definition) is 1. The summed E-state index contributed by atoms with van der Waals surface area (Å²) in [5.74, 6) is 0.392. The summed E-state index contributed by atoms with van der Waals surface area (Å²) in [4.78, 5) is 4.39. The van der Waals surface area contributed by atoms with E-state index < -0.39 is 0 Å². The molecule has 1 saturated carbocycles. The Morgan fingerprint density at radius 3 is 2.82 bits per heavy atom. The monoisotopic (exact) mass is 242 g/mol. The molecule has 1 N–H and O–H groups in total. The van der Waals surface area contributed by atoms with E-state index >= 15 is 0 Å². The maximum Gasteiger partial charge on any atom is 0.138 e. The molecule has 1 heterocycles. The Bertz CT molecular complexity index is 614. The average molecular weight is 242 g/mol. The highest BCUT2D eigenvalue weighted by Crippen LogP contribution is 2.39. The third-order valence-electron chi connectivity index (χ3n) is 2.84. The van der Waals surface area contributed by atoms with Crippen LogP contribution >= 0.6 is 11.3 Å². The zero-order valence-corrected chi connectivity index (χ0v) is 9.87. The Morgan fingerprint density at radius 2 is 2.18 bits per heavy atom. The normalized spacial score (nSPS) is 16.6. The van der Waals surface area contributed by atoms with Crippen LogP contribution in [0.15, 0.2) is 30.0 Å². The molecule has 1 aliphatic rings. The maximum atomic E-state index is 9.95. The molecular formula is C13H10N2OS. The molecule has 0 saturated heterocycles. The van der Waals surface area contributed by atoms with Gasteiger partial charge < -0.3 is 5.11 Å². The molecule has 0 unspecified atom stereocenters. The number of thiazole rings is 1. The predicted molar refractivity (Wildman–Crippen MR) is 67.5 cm³/mol. The maximum absolute atomic E-state index is 9.95. The van der Waals surface area contributed by atoms with Gasteiger partial charge in [-0.05, 0) is 25.0 Å². The van der Waals surface area contributed by atoms with Crippen molar-refractivity contribution in [3.63, 3.8) is 0 Å². The summed E-state index contributed by atoms with van der Waals surface area (Å²) in [5.41, 5.74) is 1.22. The number of aliphatic hydroxyl groups is 1. The van der Waals surface area contributed by atoms with Gasteiger partial charge in [0.15, 0.2) is 0 Å². The summed E-state index contributed by atoms with van der Waals surface area (Å²) in [5, 5.41) is 19.7. The molecule has 84 valence electrons. The largest absolute Gasteiger partial charge is 0.511 e. The molecule has 1 aromatic heterocycles. The van der Waals surface area contributed by atoms with E-state index in [4.69, 9.17) is 5.26 Å². The van der Waals surface area contributed by atoms with Gasteiger partial charge in [-0.1, -0.05) is 12.1 Å². The molecule has 4 heteroatoms. The number of benzene rings is 1. The van der Waals surface area contributed by atoms with Gasteiger partial charge in [0.2, 0.25) is 0 Å². The van der Waals surface area contributed by atoms with Crippen molar-refractivity contribution >= 4 is 27.1 Å². The lowest BCUT2D eigenvalue weighted by Crippen LogP contribution is -1.90. The molecule has 0 atom stereocenters. The fourth-order valence-electron chi connectivity index (χ4n) is 1.75. The molecule has 2 aromatic rings. The number of fused-ring (bicyclic) bond motifs is 1. The predicted octanol–water partition coefficient (Wildman–Crippen LogP) is 3.50. The zero-order chi connectivity index (χ0) is 11.8. The van der Waals surface area contributed by atoms with Gasteiger partial charge in [0.1, 0.15) is 22.4 Å². The van der Waals surface area contributed by atoms with Crippen LogP contribution in [0.1, 0.15) is 17.8 Å². The highest BCUT2D eigenvalue weighted by molar-refractivity contribution is 7.19. The van der Waals surface area contributed by atoms with Crippen LogP contribution in [0, 0.1) is 17.2 Å². The summed E-state index contributed by atoms with van der Waals surface area (Å²) in [6.45, 7) is 0. The van der Waals surface area contributed by atoms with E-state index in [9.17, 15) is 5.11 Å². The summed E-state index contributed by atoms with van der Waals surface area (Å²) < 4.78 is 1.04. The van der Waals surface area contributed by atoms with Gasteiger partial charge in [-0.3, -0.25) is 0 Å². The lowest BCUT2D eigenvalue weighted by atomic mass is 10.2. The fourth-order valence-corrected chi connectivity index (χ4v) is 2.72. The van der Waals surface area contributed by atoms with Gasteiger partial charge in [0.05, 0.1) is 10.2 Å². The Morgan fingerprint density at radius 1 is 1.41 bits per heavy atom. The molecule has 1 aliphatic carbocycles. The number of nitriles is 1. The minimum atomic E-state index is 0.177. The van der Waals surface area contributed by atoms with Crippen molar-refractivity contribution in [2.75, 3.05) is 0 Å². The van der Waals surface area contributed by atoms with Crippen molar-refractivity contribution in [3.05, 3.63) is 35.0 Å². The van der Waals surface area contributed by atoms with Crippen LogP contribution in [0.5, 0.6) is 0 Å². The van der Waals surface area contributed by atoms with Gasteiger partial charge in [0, 0.05) is 5.92 Å². The van der Waals surface area contributed by atoms with Crippen LogP contribution in [0.4, 0.5) is 0 Å². The summed E-state index contributed by atoms with van der Waals surface area (Å²) in [7, 11) is 0. The molecule has 0 spiro atoms. The molecule has 0 aliphatic heterocycles. The van der Waals surface area contributed by atoms with Crippen molar-refractivity contribution in [1.82, 2.24) is 4.98 Å². The number of rotatable bonds is 2. The van der Waals surface area contributed by atoms with Crippen LogP contribution in [0.25, 0.3) is 15.8 Å². The van der Waals surface area contributed by atoms with Crippen molar-refractivity contribution in [1.29, 1.82) is 5.26 Å². The smallest absolute Gasteiger partial charge is 0.138 e. The van der Waals surface area contributed by atoms with E-state index in [1.807, 2.05) is 24.3 Å². The van der Waals surface area contributed by atoms with Crippen molar-refractivity contribution < 1.29 is 5.11 Å². The third kappa shape index (κ3) is 1.79. The molecule has 3 nitrogen and oxygen atoms in total. The number of hydrogen-bond acceptors (Lipinski definition) is 4. The minimum absolute atomic E-state index is 0.177. The van der Waals surface area contributed by atoms with Crippen molar-refractivity contribution in [2.45, 2.75) is 12.8 Å². The quantitative estimate of drug-likeness (QED) is 0.647. The van der Waals surface area contributed by atoms with Gasteiger partial charge in [-0.2, -0.15) is 5.26 Å². The average Bonchev–Trinajstić information content (AvgIpc) is 3.10. The van der Waals surface area contributed by atoms with E-state index in [0.29, 0.717) is 10.6 Å². The fraction of sp³-hybridized carbons (Fsp3) is 0.231. The summed E-state index contributed by atoms with van der Waals surface area (Å²) >= 11 is 1.45. The van der Waals surface area contributed by atoms with Gasteiger partial charge in [-0.15, -0.1) is 11.3 Å². The molecule has 1 fully saturated rings. The van der Waals surface area contributed by atoms with E-state index in [1.54, 1.807) is 0 Å². The molecule has 17 heavy (non-hydrogen) atoms. The highest BCUT2D eigenvalue weighted by Gasteiger charge is 2.29. The first-order valence-electron chi connectivity index (χ1n) is 5.49. The van der Waals surface area contributed by atoms with Crippen LogP contribution < -0.4 is 0 Å². The van der Waals surface area contributed by atoms with Gasteiger partial charge >= 0.3 is 0 Å². The first-order valence-corrected chi connectivity index (χ1v) is 6.30. The van der Waals surface area contributed by atoms with E-state index in [-0.39, 0.29) is 11.7 Å². The SMILES string of the molecule is N#CC(=C(O)C1CC1)c1nc2ccccc2s1. The van der Waals surface area contributed by atoms with Crippen LogP contribution in [-0.4, -0.2) is 10.1 Å². The first kappa shape index (κ1) is 10.3. The molecule has 0 bridgehead atoms. The number of allylic oxidation sites excluding steroid dienone is 2. The Hall–Kier alpha value is -1.86. The van der Waals surface area contributed by atoms with Crippen LogP contribution in [-0.2, 0) is 0 Å². The number of aliphatic hydroxyl groups excluding tert-OH is 1. The number of aromatic nitrogens is 1. The zero-order valence-electron chi connectivity index (χ0n) is 9.05. The van der Waals surface area contributed by atoms with E-state index in [1.165, 1.54) is 11.3 Å². The molecule has 0 radical (unpaired) electrons. The second-order valence-corrected chi connectivity index (χ2v) is 5.16. The van der Waals surface area contributed by atoms with Gasteiger partial charge in [-0.25, -0.2) is 4.98 Å². The molecule has 1 aromatic carbocycles. The lowest BCUT2D eigenvalue weighted by Gasteiger charge is -1.98. The Kier molecular flexibility index (Phi) is 2.34. The lowest BCUT2D eigenvalue weighted by molar-refractivity contribution is 0.383. The van der Waals surface area contributed by atoms with Gasteiger partial charge in [0.25, 0.3) is 0 Å². The van der Waals surface area contributed by atoms with E-state index in [2.05, 4.69) is 11.1 Å². The van der Waals surface area contributed by atoms with Crippen LogP contribution in [0.3, 0.4) is 0 Å². The minimum Gasteiger partial charge on any atom is -0.511 e. The molecular weight excluding hydrogens is 232 g/mol. The second-order valence-electron chi connectivity index (χ2n) is 4.13. The number of nitrogens with zero attached hydrogens (tertiary/aromatic N) is 2. The number of para-hydroxylation sites is 1. The standard InChI is InChI=1S/C13H10N2OS/c14-7-9(12(16)8-5-6-8)13-15-10-3-1-2-4-11(10)17-13/h1-4,8,16H,5-6H2. The molecule has 0 amide bonds. The van der Waals surface area contributed by atoms with Crippen molar-refractivity contribution in [2.24, 2.45) is 5.92 Å². The van der Waals surface area contributed by atoms with Crippen LogP contribution in [0.2, 0.25) is 0 Å². The second kappa shape index (κ2) is 3.86. The topological polar surface area (TPSA) is 56.9 Å². The Labute approximate surface area is 103 Å². The Balaban J connectivity index is 2.13. The van der Waals surface area contributed by atoms with Crippen molar-refractivity contribution in [3.8, 4) is 6.07 Å². The summed E-state index contributed by atoms with van der Waals surface area (Å²) in [6.07, 6.45) is 1.95. The molecule has 3 rings (SSSR count). The third-order valence-corrected chi connectivity index (χ3v) is 3.89. The summed E-state index contributed by atoms with van der Waals surface area (Å²) in [6, 6.07) is 9.83. The van der Waals surface area contributed by atoms with E-state index in [0.717, 1.165) is 23.1 Å². The first-order chi connectivity index (χ1) is 8.29.